The van der Waals surface area contributed by atoms with Crippen LogP contribution in [0.1, 0.15) is 34.6 Å². The summed E-state index contributed by atoms with van der Waals surface area (Å²) in [6.45, 7) is 7.79. The molecule has 5 heteroatoms. The predicted molar refractivity (Wildman–Crippen MR) is 92.3 cm³/mol. The van der Waals surface area contributed by atoms with Crippen molar-refractivity contribution in [2.45, 2.75) is 19.9 Å². The minimum atomic E-state index is -0.225. The molecule has 0 spiro atoms. The Bertz CT molecular complexity index is 858. The van der Waals surface area contributed by atoms with Crippen molar-refractivity contribution < 1.29 is 9.59 Å². The maximum atomic E-state index is 12.7. The van der Waals surface area contributed by atoms with Crippen LogP contribution >= 0.6 is 0 Å². The van der Waals surface area contributed by atoms with Gasteiger partial charge in [0.1, 0.15) is 12.0 Å². The van der Waals surface area contributed by atoms with Crippen LogP contribution in [0.3, 0.4) is 0 Å². The molecule has 0 radical (unpaired) electrons. The monoisotopic (exact) mass is 321 g/mol. The molecule has 2 aromatic rings. The minimum Gasteiger partial charge on any atom is -0.299 e. The molecule has 1 aromatic carbocycles. The maximum Gasteiger partial charge on any atom is 0.259 e. The number of hydrogen-bond acceptors (Lipinski definition) is 3. The highest BCUT2D eigenvalue weighted by atomic mass is 16.2. The average molecular weight is 321 g/mol. The van der Waals surface area contributed by atoms with Crippen LogP contribution < -0.4 is 5.49 Å². The van der Waals surface area contributed by atoms with Gasteiger partial charge < -0.3 is 0 Å². The summed E-state index contributed by atoms with van der Waals surface area (Å²) in [5.41, 5.74) is 2.50. The van der Waals surface area contributed by atoms with Crippen LogP contribution in [0, 0.1) is 0 Å². The largest absolute Gasteiger partial charge is 0.299 e. The molecule has 0 aliphatic carbocycles. The SMILES string of the molecule is C=C1c2ccccc2C(=O)N1CC(=O)n1ccccc1=NC(C)C. The van der Waals surface area contributed by atoms with E-state index in [1.165, 1.54) is 9.47 Å². The van der Waals surface area contributed by atoms with Gasteiger partial charge in [-0.15, -0.1) is 0 Å². The number of pyridine rings is 1. The molecule has 0 bridgehead atoms. The minimum absolute atomic E-state index is 0.0678. The normalized spacial score (nSPS) is 14.5. The van der Waals surface area contributed by atoms with Crippen molar-refractivity contribution in [2.75, 3.05) is 6.54 Å². The Kier molecular flexibility index (Phi) is 4.16. The lowest BCUT2D eigenvalue weighted by Crippen LogP contribution is -2.37. The lowest BCUT2D eigenvalue weighted by Gasteiger charge is -2.17. The lowest BCUT2D eigenvalue weighted by atomic mass is 10.1. The zero-order chi connectivity index (χ0) is 17.3. The fraction of sp³-hybridized carbons (Fsp3) is 0.211. The molecular formula is C19H19N3O2. The average Bonchev–Trinajstić information content (AvgIpc) is 2.80. The molecule has 1 amide bonds. The number of aromatic nitrogens is 1. The van der Waals surface area contributed by atoms with E-state index in [4.69, 9.17) is 0 Å². The zero-order valence-electron chi connectivity index (χ0n) is 13.8. The topological polar surface area (TPSA) is 54.7 Å². The van der Waals surface area contributed by atoms with Gasteiger partial charge in [-0.2, -0.15) is 0 Å². The summed E-state index contributed by atoms with van der Waals surface area (Å²) >= 11 is 0. The van der Waals surface area contributed by atoms with E-state index in [9.17, 15) is 9.59 Å². The molecule has 0 atom stereocenters. The number of carbonyl (C=O) groups is 2. The summed E-state index contributed by atoms with van der Waals surface area (Å²) in [4.78, 5) is 31.1. The number of nitrogens with zero attached hydrogens (tertiary/aromatic N) is 3. The highest BCUT2D eigenvalue weighted by molar-refractivity contribution is 6.10. The molecule has 0 fully saturated rings. The van der Waals surface area contributed by atoms with Crippen LogP contribution in [-0.4, -0.2) is 33.9 Å². The van der Waals surface area contributed by atoms with Gasteiger partial charge in [-0.3, -0.25) is 24.0 Å². The summed E-state index contributed by atoms with van der Waals surface area (Å²) in [6.07, 6.45) is 1.67. The van der Waals surface area contributed by atoms with Gasteiger partial charge in [0.2, 0.25) is 0 Å². The Hall–Kier alpha value is -2.95. The van der Waals surface area contributed by atoms with Crippen molar-refractivity contribution in [3.63, 3.8) is 0 Å². The van der Waals surface area contributed by atoms with Gasteiger partial charge in [-0.05, 0) is 32.0 Å². The third-order valence-electron chi connectivity index (χ3n) is 3.83. The first kappa shape index (κ1) is 15.9. The first-order valence-corrected chi connectivity index (χ1v) is 7.84. The molecule has 5 nitrogen and oxygen atoms in total. The van der Waals surface area contributed by atoms with Gasteiger partial charge in [0.05, 0.1) is 0 Å². The molecule has 3 rings (SSSR count). The Balaban J connectivity index is 1.90. The van der Waals surface area contributed by atoms with Gasteiger partial charge in [0, 0.05) is 29.1 Å². The summed E-state index contributed by atoms with van der Waals surface area (Å²) in [5.74, 6) is -0.417. The number of benzene rings is 1. The molecule has 0 N–H and O–H groups in total. The lowest BCUT2D eigenvalue weighted by molar-refractivity contribution is 0.0764. The molecule has 1 aliphatic heterocycles. The van der Waals surface area contributed by atoms with E-state index in [1.807, 2.05) is 32.0 Å². The zero-order valence-corrected chi connectivity index (χ0v) is 13.8. The van der Waals surface area contributed by atoms with Crippen LogP contribution in [0.5, 0.6) is 0 Å². The molecule has 1 aromatic heterocycles. The Morgan fingerprint density at radius 2 is 1.79 bits per heavy atom. The quantitative estimate of drug-likeness (QED) is 0.872. The molecule has 0 saturated carbocycles. The molecule has 122 valence electrons. The van der Waals surface area contributed by atoms with E-state index in [0.717, 1.165) is 5.56 Å². The van der Waals surface area contributed by atoms with E-state index in [2.05, 4.69) is 11.6 Å². The van der Waals surface area contributed by atoms with E-state index >= 15 is 0 Å². The second-order valence-corrected chi connectivity index (χ2v) is 5.93. The van der Waals surface area contributed by atoms with E-state index in [1.54, 1.807) is 30.5 Å². The standard InChI is InChI=1S/C19H19N3O2/c1-13(2)20-17-10-6-7-11-21(17)18(23)12-22-14(3)15-8-4-5-9-16(15)19(22)24/h4-11,13H,3,12H2,1-2H3. The second-order valence-electron chi connectivity index (χ2n) is 5.93. The Morgan fingerprint density at radius 1 is 1.12 bits per heavy atom. The highest BCUT2D eigenvalue weighted by Crippen LogP contribution is 2.30. The van der Waals surface area contributed by atoms with Crippen molar-refractivity contribution in [1.82, 2.24) is 9.47 Å². The van der Waals surface area contributed by atoms with Gasteiger partial charge >= 0.3 is 0 Å². The van der Waals surface area contributed by atoms with Crippen LogP contribution in [0.15, 0.2) is 60.2 Å². The molecule has 2 heterocycles. The Morgan fingerprint density at radius 3 is 2.46 bits per heavy atom. The molecular weight excluding hydrogens is 302 g/mol. The first-order chi connectivity index (χ1) is 11.5. The number of fused-ring (bicyclic) bond motifs is 1. The van der Waals surface area contributed by atoms with Crippen LogP contribution in [0.2, 0.25) is 0 Å². The van der Waals surface area contributed by atoms with Crippen molar-refractivity contribution in [3.05, 3.63) is 71.9 Å². The molecule has 1 aliphatic rings. The molecule has 0 saturated heterocycles. The molecule has 0 unspecified atom stereocenters. The van der Waals surface area contributed by atoms with E-state index in [0.29, 0.717) is 16.7 Å². The number of carbonyl (C=O) groups excluding carboxylic acids is 2. The van der Waals surface area contributed by atoms with E-state index in [-0.39, 0.29) is 24.4 Å². The maximum absolute atomic E-state index is 12.7. The van der Waals surface area contributed by atoms with Gasteiger partial charge in [-0.25, -0.2) is 0 Å². The van der Waals surface area contributed by atoms with Crippen molar-refractivity contribution in [1.29, 1.82) is 0 Å². The highest BCUT2D eigenvalue weighted by Gasteiger charge is 2.32. The smallest absolute Gasteiger partial charge is 0.259 e. The second kappa shape index (κ2) is 6.28. The number of amides is 1. The molecule has 24 heavy (non-hydrogen) atoms. The summed E-state index contributed by atoms with van der Waals surface area (Å²) < 4.78 is 1.48. The van der Waals surface area contributed by atoms with Crippen molar-refractivity contribution >= 4 is 17.5 Å². The third-order valence-corrected chi connectivity index (χ3v) is 3.83. The van der Waals surface area contributed by atoms with Crippen molar-refractivity contribution in [2.24, 2.45) is 4.99 Å². The third kappa shape index (κ3) is 2.80. The van der Waals surface area contributed by atoms with Crippen molar-refractivity contribution in [3.8, 4) is 0 Å². The fourth-order valence-corrected chi connectivity index (χ4v) is 2.73. The summed E-state index contributed by atoms with van der Waals surface area (Å²) in [5, 5.41) is 0. The fourth-order valence-electron chi connectivity index (χ4n) is 2.73. The summed E-state index contributed by atoms with van der Waals surface area (Å²) in [6, 6.07) is 12.7. The number of hydrogen-bond donors (Lipinski definition) is 0. The van der Waals surface area contributed by atoms with Gasteiger partial charge in [0.15, 0.2) is 0 Å². The van der Waals surface area contributed by atoms with Crippen LogP contribution in [0.4, 0.5) is 0 Å². The van der Waals surface area contributed by atoms with Crippen LogP contribution in [0.25, 0.3) is 5.70 Å². The van der Waals surface area contributed by atoms with Crippen LogP contribution in [-0.2, 0) is 0 Å². The van der Waals surface area contributed by atoms with Gasteiger partial charge in [0.25, 0.3) is 11.8 Å². The number of rotatable bonds is 3. The van der Waals surface area contributed by atoms with E-state index < -0.39 is 0 Å². The summed E-state index contributed by atoms with van der Waals surface area (Å²) in [7, 11) is 0. The first-order valence-electron chi connectivity index (χ1n) is 7.84. The Labute approximate surface area is 140 Å². The predicted octanol–water partition coefficient (Wildman–Crippen LogP) is 2.56. The van der Waals surface area contributed by atoms with Gasteiger partial charge in [-0.1, -0.05) is 30.8 Å².